The minimum atomic E-state index is -0.563. The van der Waals surface area contributed by atoms with E-state index in [1.165, 1.54) is 11.3 Å². The standard InChI is InChI=1S/C20H19NO2/c1-19(2)16-6-4-5-7-17(16)21(3)20(19)11-10-15-12-14(13-22)8-9-18(15)23-20/h4-13H,1-3H3/t20-/m0/s1. The fourth-order valence-corrected chi connectivity index (χ4v) is 3.87. The number of anilines is 1. The van der Waals surface area contributed by atoms with Gasteiger partial charge >= 0.3 is 0 Å². The summed E-state index contributed by atoms with van der Waals surface area (Å²) in [5.74, 6) is 0.811. The van der Waals surface area contributed by atoms with Gasteiger partial charge in [-0.1, -0.05) is 18.2 Å². The summed E-state index contributed by atoms with van der Waals surface area (Å²) < 4.78 is 6.51. The van der Waals surface area contributed by atoms with Crippen molar-refractivity contribution in [2.24, 2.45) is 0 Å². The van der Waals surface area contributed by atoms with Crippen molar-refractivity contribution < 1.29 is 9.53 Å². The zero-order valence-electron chi connectivity index (χ0n) is 13.5. The first kappa shape index (κ1) is 14.1. The molecule has 0 fully saturated rings. The quantitative estimate of drug-likeness (QED) is 0.745. The fraction of sp³-hybridized carbons (Fsp3) is 0.250. The lowest BCUT2D eigenvalue weighted by Gasteiger charge is -2.45. The Labute approximate surface area is 136 Å². The van der Waals surface area contributed by atoms with Crippen molar-refractivity contribution in [2.75, 3.05) is 11.9 Å². The molecular formula is C20H19NO2. The molecule has 23 heavy (non-hydrogen) atoms. The number of likely N-dealkylation sites (N-methyl/N-ethyl adjacent to an activating group) is 1. The molecule has 0 saturated carbocycles. The second-order valence-electron chi connectivity index (χ2n) is 6.75. The summed E-state index contributed by atoms with van der Waals surface area (Å²) in [6.45, 7) is 4.43. The minimum absolute atomic E-state index is 0.199. The van der Waals surface area contributed by atoms with Crippen LogP contribution in [0.15, 0.2) is 48.5 Å². The molecule has 0 aromatic heterocycles. The Morgan fingerprint density at radius 1 is 1.13 bits per heavy atom. The lowest BCUT2D eigenvalue weighted by molar-refractivity contribution is 0.0581. The maximum atomic E-state index is 11.0. The second kappa shape index (κ2) is 4.48. The van der Waals surface area contributed by atoms with Crippen LogP contribution in [0, 0.1) is 0 Å². The summed E-state index contributed by atoms with van der Waals surface area (Å²) in [6.07, 6.45) is 5.04. The Hall–Kier alpha value is -2.55. The maximum absolute atomic E-state index is 11.0. The van der Waals surface area contributed by atoms with Gasteiger partial charge in [-0.25, -0.2) is 0 Å². The first-order valence-electron chi connectivity index (χ1n) is 7.80. The lowest BCUT2D eigenvalue weighted by Crippen LogP contribution is -2.58. The van der Waals surface area contributed by atoms with Crippen molar-refractivity contribution in [2.45, 2.75) is 25.0 Å². The molecule has 0 radical (unpaired) electrons. The van der Waals surface area contributed by atoms with E-state index in [1.54, 1.807) is 6.07 Å². The van der Waals surface area contributed by atoms with Gasteiger partial charge in [-0.05, 0) is 55.8 Å². The van der Waals surface area contributed by atoms with Crippen molar-refractivity contribution in [3.8, 4) is 5.75 Å². The molecule has 116 valence electrons. The number of aldehydes is 1. The van der Waals surface area contributed by atoms with Gasteiger partial charge in [-0.3, -0.25) is 4.79 Å². The topological polar surface area (TPSA) is 29.5 Å². The number of hydrogen-bond donors (Lipinski definition) is 0. The number of carbonyl (C=O) groups is 1. The largest absolute Gasteiger partial charge is 0.463 e. The molecule has 0 bridgehead atoms. The van der Waals surface area contributed by atoms with Crippen molar-refractivity contribution >= 4 is 18.0 Å². The van der Waals surface area contributed by atoms with E-state index in [4.69, 9.17) is 4.74 Å². The Bertz CT molecular complexity index is 837. The number of ether oxygens (including phenoxy) is 1. The molecule has 0 saturated heterocycles. The van der Waals surface area contributed by atoms with Crippen LogP contribution in [-0.2, 0) is 5.41 Å². The third-order valence-corrected chi connectivity index (χ3v) is 5.26. The summed E-state index contributed by atoms with van der Waals surface area (Å²) in [4.78, 5) is 13.2. The normalized spacial score (nSPS) is 23.3. The number of fused-ring (bicyclic) bond motifs is 2. The van der Waals surface area contributed by atoms with E-state index in [-0.39, 0.29) is 5.41 Å². The monoisotopic (exact) mass is 305 g/mol. The van der Waals surface area contributed by atoms with Crippen LogP contribution in [0.4, 0.5) is 5.69 Å². The Morgan fingerprint density at radius 2 is 1.91 bits per heavy atom. The van der Waals surface area contributed by atoms with Crippen molar-refractivity contribution in [1.82, 2.24) is 0 Å². The molecule has 0 aliphatic carbocycles. The van der Waals surface area contributed by atoms with Crippen LogP contribution in [0.3, 0.4) is 0 Å². The average Bonchev–Trinajstić information content (AvgIpc) is 2.74. The molecular weight excluding hydrogens is 286 g/mol. The third kappa shape index (κ3) is 1.68. The molecule has 3 heteroatoms. The smallest absolute Gasteiger partial charge is 0.211 e. The van der Waals surface area contributed by atoms with Crippen LogP contribution in [0.25, 0.3) is 6.08 Å². The highest BCUT2D eigenvalue weighted by molar-refractivity contribution is 5.79. The SMILES string of the molecule is CN1c2ccccc2C(C)(C)[C@@]12C=Cc1cc(C=O)ccc1O2. The summed E-state index contributed by atoms with van der Waals surface area (Å²) in [5, 5.41) is 0. The Balaban J connectivity index is 1.87. The van der Waals surface area contributed by atoms with E-state index in [9.17, 15) is 4.79 Å². The molecule has 1 atom stereocenters. The van der Waals surface area contributed by atoms with E-state index >= 15 is 0 Å². The molecule has 0 N–H and O–H groups in total. The van der Waals surface area contributed by atoms with Crippen molar-refractivity contribution in [3.05, 3.63) is 65.2 Å². The summed E-state index contributed by atoms with van der Waals surface area (Å²) in [7, 11) is 2.07. The van der Waals surface area contributed by atoms with Crippen LogP contribution in [-0.4, -0.2) is 19.1 Å². The van der Waals surface area contributed by atoms with E-state index in [0.29, 0.717) is 5.56 Å². The van der Waals surface area contributed by atoms with Gasteiger partial charge in [-0.15, -0.1) is 0 Å². The number of carbonyl (C=O) groups excluding carboxylic acids is 1. The second-order valence-corrected chi connectivity index (χ2v) is 6.75. The van der Waals surface area contributed by atoms with Gasteiger partial charge in [0.25, 0.3) is 0 Å². The number of rotatable bonds is 1. The van der Waals surface area contributed by atoms with E-state index in [1.807, 2.05) is 12.1 Å². The first-order chi connectivity index (χ1) is 11.0. The zero-order chi connectivity index (χ0) is 16.2. The summed E-state index contributed by atoms with van der Waals surface area (Å²) >= 11 is 0. The molecule has 2 heterocycles. The highest BCUT2D eigenvalue weighted by atomic mass is 16.5. The molecule has 4 rings (SSSR count). The van der Waals surface area contributed by atoms with Gasteiger partial charge in [0.15, 0.2) is 0 Å². The number of nitrogens with zero attached hydrogens (tertiary/aromatic N) is 1. The van der Waals surface area contributed by atoms with Gasteiger partial charge in [0.2, 0.25) is 5.72 Å². The van der Waals surface area contributed by atoms with E-state index in [0.717, 1.165) is 17.6 Å². The highest BCUT2D eigenvalue weighted by Gasteiger charge is 2.57. The summed E-state index contributed by atoms with van der Waals surface area (Å²) in [6, 6.07) is 14.0. The Morgan fingerprint density at radius 3 is 2.65 bits per heavy atom. The number of benzene rings is 2. The first-order valence-corrected chi connectivity index (χ1v) is 7.80. The fourth-order valence-electron chi connectivity index (χ4n) is 3.87. The molecule has 1 spiro atoms. The predicted molar refractivity (Wildman–Crippen MR) is 92.1 cm³/mol. The van der Waals surface area contributed by atoms with Crippen LogP contribution in [0.2, 0.25) is 0 Å². The van der Waals surface area contributed by atoms with Gasteiger partial charge < -0.3 is 9.64 Å². The van der Waals surface area contributed by atoms with Crippen LogP contribution in [0.1, 0.15) is 35.3 Å². The molecule has 2 aliphatic rings. The van der Waals surface area contributed by atoms with Crippen molar-refractivity contribution in [1.29, 1.82) is 0 Å². The number of para-hydroxylation sites is 1. The summed E-state index contributed by atoms with van der Waals surface area (Å²) in [5.41, 5.74) is 3.31. The molecule has 2 aliphatic heterocycles. The zero-order valence-corrected chi connectivity index (χ0v) is 13.5. The van der Waals surface area contributed by atoms with Gasteiger partial charge in [0, 0.05) is 23.9 Å². The maximum Gasteiger partial charge on any atom is 0.211 e. The predicted octanol–water partition coefficient (Wildman–Crippen LogP) is 4.03. The van der Waals surface area contributed by atoms with E-state index < -0.39 is 5.72 Å². The van der Waals surface area contributed by atoms with E-state index in [2.05, 4.69) is 62.2 Å². The highest BCUT2D eigenvalue weighted by Crippen LogP contribution is 2.54. The average molecular weight is 305 g/mol. The van der Waals surface area contributed by atoms with Crippen LogP contribution in [0.5, 0.6) is 5.75 Å². The van der Waals surface area contributed by atoms with Gasteiger partial charge in [-0.2, -0.15) is 0 Å². The molecule has 3 nitrogen and oxygen atoms in total. The number of hydrogen-bond acceptors (Lipinski definition) is 3. The Kier molecular flexibility index (Phi) is 2.74. The van der Waals surface area contributed by atoms with Crippen LogP contribution >= 0.6 is 0 Å². The lowest BCUT2D eigenvalue weighted by atomic mass is 9.76. The minimum Gasteiger partial charge on any atom is -0.463 e. The van der Waals surface area contributed by atoms with Crippen molar-refractivity contribution in [3.63, 3.8) is 0 Å². The van der Waals surface area contributed by atoms with Crippen LogP contribution < -0.4 is 9.64 Å². The molecule has 2 aromatic rings. The molecule has 0 unspecified atom stereocenters. The van der Waals surface area contributed by atoms with Gasteiger partial charge in [0.05, 0.1) is 5.41 Å². The molecule has 2 aromatic carbocycles. The van der Waals surface area contributed by atoms with Gasteiger partial charge in [0.1, 0.15) is 12.0 Å². The molecule has 0 amide bonds. The third-order valence-electron chi connectivity index (χ3n) is 5.26.